The first kappa shape index (κ1) is 18.4. The second-order valence-corrected chi connectivity index (χ2v) is 7.30. The summed E-state index contributed by atoms with van der Waals surface area (Å²) < 4.78 is 14.7. The van der Waals surface area contributed by atoms with Crippen LogP contribution in [0.5, 0.6) is 0 Å². The van der Waals surface area contributed by atoms with Crippen LogP contribution >= 0.6 is 11.8 Å². The highest BCUT2D eigenvalue weighted by Gasteiger charge is 2.26. The van der Waals surface area contributed by atoms with Crippen LogP contribution in [0.3, 0.4) is 0 Å². The molecule has 142 valence electrons. The van der Waals surface area contributed by atoms with E-state index < -0.39 is 5.82 Å². The molecular formula is C20H16FN3O3S. The van der Waals surface area contributed by atoms with Gasteiger partial charge in [0.1, 0.15) is 5.82 Å². The van der Waals surface area contributed by atoms with E-state index >= 15 is 0 Å². The Labute approximate surface area is 164 Å². The third kappa shape index (κ3) is 3.43. The van der Waals surface area contributed by atoms with Crippen molar-refractivity contribution in [1.82, 2.24) is 14.5 Å². The molecule has 1 saturated heterocycles. The van der Waals surface area contributed by atoms with Gasteiger partial charge in [-0.3, -0.25) is 23.9 Å². The largest absolute Gasteiger partial charge is 0.282 e. The van der Waals surface area contributed by atoms with Gasteiger partial charge in [0.2, 0.25) is 11.8 Å². The molecule has 1 aromatic heterocycles. The summed E-state index contributed by atoms with van der Waals surface area (Å²) in [7, 11) is 0. The number of thioether (sulfide) groups is 1. The number of hydrogen-bond acceptors (Lipinski definition) is 5. The minimum atomic E-state index is -0.414. The Bertz CT molecular complexity index is 1130. The maximum atomic E-state index is 13.3. The van der Waals surface area contributed by atoms with E-state index in [9.17, 15) is 18.8 Å². The van der Waals surface area contributed by atoms with Crippen molar-refractivity contribution < 1.29 is 14.0 Å². The number of carbonyl (C=O) groups is 2. The predicted molar refractivity (Wildman–Crippen MR) is 104 cm³/mol. The molecule has 1 aliphatic heterocycles. The van der Waals surface area contributed by atoms with E-state index in [4.69, 9.17) is 0 Å². The second-order valence-electron chi connectivity index (χ2n) is 6.36. The number of nitrogens with zero attached hydrogens (tertiary/aromatic N) is 3. The Morgan fingerprint density at radius 3 is 2.57 bits per heavy atom. The van der Waals surface area contributed by atoms with Crippen LogP contribution < -0.4 is 5.56 Å². The fourth-order valence-corrected chi connectivity index (χ4v) is 4.03. The standard InChI is InChI=1S/C20H16FN3O3S/c21-13-7-9-14(10-8-13)24-19(27)15-4-1-2-5-16(15)22-20(24)28-12-18(26)23-11-3-6-17(23)25/h1-2,4-5,7-10H,3,6,11-12H2. The van der Waals surface area contributed by atoms with Crippen LogP contribution in [0.1, 0.15) is 12.8 Å². The Morgan fingerprint density at radius 2 is 1.86 bits per heavy atom. The molecule has 0 aliphatic carbocycles. The van der Waals surface area contributed by atoms with Gasteiger partial charge in [-0.05, 0) is 42.8 Å². The zero-order chi connectivity index (χ0) is 19.7. The highest BCUT2D eigenvalue weighted by Crippen LogP contribution is 2.23. The van der Waals surface area contributed by atoms with Crippen molar-refractivity contribution in [3.63, 3.8) is 0 Å². The van der Waals surface area contributed by atoms with Gasteiger partial charge in [-0.25, -0.2) is 9.37 Å². The van der Waals surface area contributed by atoms with Crippen LogP contribution in [-0.2, 0) is 9.59 Å². The van der Waals surface area contributed by atoms with Crippen molar-refractivity contribution in [2.24, 2.45) is 0 Å². The monoisotopic (exact) mass is 397 g/mol. The van der Waals surface area contributed by atoms with Gasteiger partial charge in [-0.1, -0.05) is 23.9 Å². The van der Waals surface area contributed by atoms with Crippen LogP contribution in [0, 0.1) is 5.82 Å². The minimum absolute atomic E-state index is 0.0162. The molecule has 3 aromatic rings. The number of para-hydroxylation sites is 1. The Hall–Kier alpha value is -3.00. The average molecular weight is 397 g/mol. The Morgan fingerprint density at radius 1 is 1.11 bits per heavy atom. The normalized spacial score (nSPS) is 14.0. The summed E-state index contributed by atoms with van der Waals surface area (Å²) in [6.07, 6.45) is 1.05. The van der Waals surface area contributed by atoms with E-state index in [2.05, 4.69) is 4.98 Å². The topological polar surface area (TPSA) is 72.3 Å². The van der Waals surface area contributed by atoms with E-state index in [1.165, 1.54) is 33.7 Å². The minimum Gasteiger partial charge on any atom is -0.282 e. The lowest BCUT2D eigenvalue weighted by molar-refractivity contribution is -0.140. The van der Waals surface area contributed by atoms with Crippen molar-refractivity contribution in [1.29, 1.82) is 0 Å². The second kappa shape index (κ2) is 7.55. The smallest absolute Gasteiger partial charge is 0.266 e. The first-order chi connectivity index (χ1) is 13.5. The van der Waals surface area contributed by atoms with Crippen molar-refractivity contribution in [2.75, 3.05) is 12.3 Å². The number of halogens is 1. The lowest BCUT2D eigenvalue weighted by Gasteiger charge is -2.15. The molecule has 0 N–H and O–H groups in total. The van der Waals surface area contributed by atoms with Gasteiger partial charge in [-0.2, -0.15) is 0 Å². The number of imide groups is 1. The summed E-state index contributed by atoms with van der Waals surface area (Å²) in [6.45, 7) is 0.425. The first-order valence-electron chi connectivity index (χ1n) is 8.78. The molecule has 0 bridgehead atoms. The summed E-state index contributed by atoms with van der Waals surface area (Å²) in [5.74, 6) is -0.909. The van der Waals surface area contributed by atoms with Crippen LogP contribution in [0.4, 0.5) is 4.39 Å². The van der Waals surface area contributed by atoms with Crippen LogP contribution in [0.15, 0.2) is 58.5 Å². The van der Waals surface area contributed by atoms with E-state index in [1.807, 2.05) is 0 Å². The highest BCUT2D eigenvalue weighted by atomic mass is 32.2. The number of likely N-dealkylation sites (tertiary alicyclic amines) is 1. The van der Waals surface area contributed by atoms with Crippen molar-refractivity contribution in [3.05, 3.63) is 64.7 Å². The fourth-order valence-electron chi connectivity index (χ4n) is 3.14. The molecule has 2 aromatic carbocycles. The Kier molecular flexibility index (Phi) is 4.95. The van der Waals surface area contributed by atoms with Gasteiger partial charge in [0, 0.05) is 13.0 Å². The molecule has 6 nitrogen and oxygen atoms in total. The average Bonchev–Trinajstić information content (AvgIpc) is 3.13. The molecule has 0 unspecified atom stereocenters. The molecule has 28 heavy (non-hydrogen) atoms. The van der Waals surface area contributed by atoms with Crippen LogP contribution in [0.2, 0.25) is 0 Å². The van der Waals surface area contributed by atoms with Gasteiger partial charge in [0.05, 0.1) is 22.3 Å². The summed E-state index contributed by atoms with van der Waals surface area (Å²) >= 11 is 1.09. The maximum Gasteiger partial charge on any atom is 0.266 e. The third-order valence-corrected chi connectivity index (χ3v) is 5.45. The summed E-state index contributed by atoms with van der Waals surface area (Å²) in [5, 5.41) is 0.743. The number of aromatic nitrogens is 2. The Balaban J connectivity index is 1.74. The van der Waals surface area contributed by atoms with Crippen LogP contribution in [0.25, 0.3) is 16.6 Å². The lowest BCUT2D eigenvalue weighted by atomic mass is 10.2. The molecule has 8 heteroatoms. The van der Waals surface area contributed by atoms with E-state index in [1.54, 1.807) is 24.3 Å². The van der Waals surface area contributed by atoms with Gasteiger partial charge in [0.15, 0.2) is 5.16 Å². The van der Waals surface area contributed by atoms with Gasteiger partial charge < -0.3 is 0 Å². The fraction of sp³-hybridized carbons (Fsp3) is 0.200. The van der Waals surface area contributed by atoms with E-state index in [-0.39, 0.29) is 23.1 Å². The molecule has 0 radical (unpaired) electrons. The third-order valence-electron chi connectivity index (χ3n) is 4.53. The van der Waals surface area contributed by atoms with E-state index in [0.717, 1.165) is 11.8 Å². The van der Waals surface area contributed by atoms with Gasteiger partial charge >= 0.3 is 0 Å². The molecule has 1 fully saturated rings. The zero-order valence-electron chi connectivity index (χ0n) is 14.8. The number of fused-ring (bicyclic) bond motifs is 1. The molecule has 0 spiro atoms. The molecule has 0 saturated carbocycles. The predicted octanol–water partition coefficient (Wildman–Crippen LogP) is 2.77. The maximum absolute atomic E-state index is 13.3. The van der Waals surface area contributed by atoms with Crippen molar-refractivity contribution in [3.8, 4) is 5.69 Å². The molecule has 2 heterocycles. The van der Waals surface area contributed by atoms with Gasteiger partial charge in [0.25, 0.3) is 5.56 Å². The quantitative estimate of drug-likeness (QED) is 0.500. The summed E-state index contributed by atoms with van der Waals surface area (Å²) in [5.41, 5.74) is 0.666. The molecule has 0 atom stereocenters. The number of rotatable bonds is 4. The first-order valence-corrected chi connectivity index (χ1v) is 9.77. The number of hydrogen-bond donors (Lipinski definition) is 0. The SMILES string of the molecule is O=C1CCCN1C(=O)CSc1nc2ccccc2c(=O)n1-c1ccc(F)cc1. The number of amides is 2. The summed E-state index contributed by atoms with van der Waals surface area (Å²) in [4.78, 5) is 43.0. The van der Waals surface area contributed by atoms with E-state index in [0.29, 0.717) is 41.1 Å². The van der Waals surface area contributed by atoms with Crippen LogP contribution in [-0.4, -0.2) is 38.6 Å². The van der Waals surface area contributed by atoms with Gasteiger partial charge in [-0.15, -0.1) is 0 Å². The zero-order valence-corrected chi connectivity index (χ0v) is 15.6. The number of carbonyl (C=O) groups excluding carboxylic acids is 2. The molecule has 2 amide bonds. The lowest BCUT2D eigenvalue weighted by Crippen LogP contribution is -2.33. The highest BCUT2D eigenvalue weighted by molar-refractivity contribution is 7.99. The van der Waals surface area contributed by atoms with Crippen molar-refractivity contribution >= 4 is 34.5 Å². The molecule has 4 rings (SSSR count). The van der Waals surface area contributed by atoms with Crippen molar-refractivity contribution in [2.45, 2.75) is 18.0 Å². The summed E-state index contributed by atoms with van der Waals surface area (Å²) in [6, 6.07) is 12.4. The number of benzene rings is 2. The molecule has 1 aliphatic rings. The molecular weight excluding hydrogens is 381 g/mol.